The van der Waals surface area contributed by atoms with Crippen LogP contribution in [-0.2, 0) is 9.53 Å². The normalized spacial score (nSPS) is 44.5. The Labute approximate surface area is 196 Å². The molecule has 0 spiro atoms. The molecule has 3 heteroatoms. The van der Waals surface area contributed by atoms with Crippen LogP contribution in [0.15, 0.2) is 12.2 Å². The Hall–Kier alpha value is -0.830. The minimum Gasteiger partial charge on any atom is -0.463 e. The minimum atomic E-state index is -0.531. The van der Waals surface area contributed by atoms with Crippen LogP contribution in [0.25, 0.3) is 0 Å². The van der Waals surface area contributed by atoms with E-state index in [1.54, 1.807) is 0 Å². The summed E-state index contributed by atoms with van der Waals surface area (Å²) < 4.78 is 5.61. The molecule has 2 unspecified atom stereocenters. The summed E-state index contributed by atoms with van der Waals surface area (Å²) in [6, 6.07) is 0. The average molecular weight is 445 g/mol. The number of aliphatic hydroxyl groups is 1. The molecule has 1 N–H and O–H groups in total. The lowest BCUT2D eigenvalue weighted by Crippen LogP contribution is -2.52. The van der Waals surface area contributed by atoms with Crippen molar-refractivity contribution in [2.45, 2.75) is 117 Å². The van der Waals surface area contributed by atoms with Crippen molar-refractivity contribution >= 4 is 5.97 Å². The van der Waals surface area contributed by atoms with Gasteiger partial charge in [-0.15, -0.1) is 0 Å². The Morgan fingerprint density at radius 1 is 1.09 bits per heavy atom. The summed E-state index contributed by atoms with van der Waals surface area (Å²) >= 11 is 0. The number of hydrogen-bond donors (Lipinski definition) is 1. The zero-order valence-corrected chi connectivity index (χ0v) is 21.4. The number of ether oxygens (including phenoxy) is 1. The zero-order valence-electron chi connectivity index (χ0n) is 21.4. The fourth-order valence-corrected chi connectivity index (χ4v) is 8.81. The van der Waals surface area contributed by atoms with Gasteiger partial charge in [-0.2, -0.15) is 0 Å². The quantitative estimate of drug-likeness (QED) is 0.357. The predicted octanol–water partition coefficient (Wildman–Crippen LogP) is 6.93. The largest absolute Gasteiger partial charge is 0.463 e. The summed E-state index contributed by atoms with van der Waals surface area (Å²) in [5.41, 5.74) is 1.11. The third-order valence-electron chi connectivity index (χ3n) is 10.6. The number of rotatable bonds is 6. The molecule has 0 aromatic carbocycles. The Morgan fingerprint density at radius 3 is 2.53 bits per heavy atom. The standard InChI is InChI=1S/C29H48O3/c1-18(2)8-7-9-19(3)24-13-15-29(31)25-11-10-22-16-23(32-21(5)30)12-14-28(22,6)27(25)17-26(29)20(24)4/h18-19,22-27,31H,4,7-17H2,1-3,5-6H3/t19-,22+,23+,24-,25-,26?,27+,28+,29?/m1/s1. The van der Waals surface area contributed by atoms with Crippen LogP contribution in [0.5, 0.6) is 0 Å². The Kier molecular flexibility index (Phi) is 6.90. The van der Waals surface area contributed by atoms with Crippen molar-refractivity contribution in [1.82, 2.24) is 0 Å². The highest BCUT2D eigenvalue weighted by atomic mass is 16.5. The molecule has 9 atom stereocenters. The molecule has 0 amide bonds. The summed E-state index contributed by atoms with van der Waals surface area (Å²) in [7, 11) is 0. The second-order valence-corrected chi connectivity index (χ2v) is 12.8. The van der Waals surface area contributed by atoms with E-state index in [1.807, 2.05) is 0 Å². The summed E-state index contributed by atoms with van der Waals surface area (Å²) in [5, 5.41) is 12.1. The maximum atomic E-state index is 12.1. The van der Waals surface area contributed by atoms with Gasteiger partial charge in [-0.1, -0.05) is 59.1 Å². The average Bonchev–Trinajstić information content (AvgIpc) is 3.02. The lowest BCUT2D eigenvalue weighted by Gasteiger charge is -2.55. The van der Waals surface area contributed by atoms with Crippen molar-refractivity contribution in [3.05, 3.63) is 12.2 Å². The fourth-order valence-electron chi connectivity index (χ4n) is 8.81. The molecule has 0 aromatic rings. The molecule has 182 valence electrons. The first-order valence-corrected chi connectivity index (χ1v) is 13.6. The topological polar surface area (TPSA) is 46.5 Å². The van der Waals surface area contributed by atoms with E-state index in [1.165, 1.54) is 38.2 Å². The highest BCUT2D eigenvalue weighted by Gasteiger charge is 2.64. The van der Waals surface area contributed by atoms with E-state index in [2.05, 4.69) is 34.3 Å². The van der Waals surface area contributed by atoms with Gasteiger partial charge >= 0.3 is 5.97 Å². The first-order chi connectivity index (χ1) is 15.1. The van der Waals surface area contributed by atoms with Gasteiger partial charge in [-0.05, 0) is 92.3 Å². The summed E-state index contributed by atoms with van der Waals surface area (Å²) in [6.07, 6.45) is 12.6. The predicted molar refractivity (Wildman–Crippen MR) is 130 cm³/mol. The lowest BCUT2D eigenvalue weighted by atomic mass is 9.51. The van der Waals surface area contributed by atoms with Crippen LogP contribution in [0.2, 0.25) is 0 Å². The second-order valence-electron chi connectivity index (χ2n) is 12.8. The lowest BCUT2D eigenvalue weighted by molar-refractivity contribution is -0.156. The maximum absolute atomic E-state index is 12.1. The summed E-state index contributed by atoms with van der Waals surface area (Å²) in [5.74, 6) is 3.80. The molecule has 4 aliphatic rings. The van der Waals surface area contributed by atoms with Crippen molar-refractivity contribution in [3.63, 3.8) is 0 Å². The number of esters is 1. The van der Waals surface area contributed by atoms with E-state index >= 15 is 0 Å². The van der Waals surface area contributed by atoms with E-state index in [0.717, 1.165) is 50.9 Å². The van der Waals surface area contributed by atoms with E-state index in [0.29, 0.717) is 29.6 Å². The smallest absolute Gasteiger partial charge is 0.302 e. The van der Waals surface area contributed by atoms with Gasteiger partial charge in [0.2, 0.25) is 0 Å². The van der Waals surface area contributed by atoms with Crippen LogP contribution in [0.3, 0.4) is 0 Å². The van der Waals surface area contributed by atoms with Crippen molar-refractivity contribution in [2.75, 3.05) is 0 Å². The molecule has 4 fully saturated rings. The van der Waals surface area contributed by atoms with E-state index in [9.17, 15) is 9.90 Å². The van der Waals surface area contributed by atoms with Crippen molar-refractivity contribution in [2.24, 2.45) is 46.8 Å². The molecule has 0 saturated heterocycles. The first-order valence-electron chi connectivity index (χ1n) is 13.6. The molecule has 0 aliphatic heterocycles. The number of carbonyl (C=O) groups excluding carboxylic acids is 1. The molecule has 0 aromatic heterocycles. The molecular formula is C29H48O3. The molecule has 0 bridgehead atoms. The zero-order chi connectivity index (χ0) is 23.3. The second kappa shape index (κ2) is 9.08. The Bertz CT molecular complexity index is 713. The number of fused-ring (bicyclic) bond motifs is 5. The molecule has 0 radical (unpaired) electrons. The Morgan fingerprint density at radius 2 is 1.84 bits per heavy atom. The van der Waals surface area contributed by atoms with Gasteiger partial charge < -0.3 is 9.84 Å². The molecule has 4 aliphatic carbocycles. The van der Waals surface area contributed by atoms with Gasteiger partial charge in [0.1, 0.15) is 6.10 Å². The van der Waals surface area contributed by atoms with E-state index in [4.69, 9.17) is 4.74 Å². The first kappa shape index (κ1) is 24.3. The Balaban J connectivity index is 1.46. The van der Waals surface area contributed by atoms with Crippen LogP contribution < -0.4 is 0 Å². The van der Waals surface area contributed by atoms with Crippen LogP contribution in [0.1, 0.15) is 105 Å². The van der Waals surface area contributed by atoms with Gasteiger partial charge in [0.05, 0.1) is 5.60 Å². The third-order valence-corrected chi connectivity index (χ3v) is 10.6. The van der Waals surface area contributed by atoms with E-state index in [-0.39, 0.29) is 23.4 Å². The summed E-state index contributed by atoms with van der Waals surface area (Å²) in [4.78, 5) is 11.5. The monoisotopic (exact) mass is 444 g/mol. The molecule has 4 rings (SSSR count). The van der Waals surface area contributed by atoms with Gasteiger partial charge in [-0.3, -0.25) is 4.79 Å². The van der Waals surface area contributed by atoms with Crippen molar-refractivity contribution in [3.8, 4) is 0 Å². The van der Waals surface area contributed by atoms with Crippen LogP contribution >= 0.6 is 0 Å². The maximum Gasteiger partial charge on any atom is 0.302 e. The van der Waals surface area contributed by atoms with Gasteiger partial charge in [0.15, 0.2) is 0 Å². The van der Waals surface area contributed by atoms with Crippen molar-refractivity contribution < 1.29 is 14.6 Å². The summed E-state index contributed by atoms with van der Waals surface area (Å²) in [6.45, 7) is 15.8. The molecule has 32 heavy (non-hydrogen) atoms. The molecule has 3 nitrogen and oxygen atoms in total. The highest BCUT2D eigenvalue weighted by Crippen LogP contribution is 2.67. The SMILES string of the molecule is C=C1C2C[C@H]3[C@@H](CC[C@H]4C[C@@H](OC(C)=O)CC[C@@]43C)C2(O)CC[C@@H]1[C@H](C)CCCC(C)C. The van der Waals surface area contributed by atoms with Crippen LogP contribution in [0, 0.1) is 46.8 Å². The van der Waals surface area contributed by atoms with Crippen molar-refractivity contribution in [1.29, 1.82) is 0 Å². The van der Waals surface area contributed by atoms with Crippen LogP contribution in [0.4, 0.5) is 0 Å². The minimum absolute atomic E-state index is 0.0972. The van der Waals surface area contributed by atoms with Gasteiger partial charge in [-0.25, -0.2) is 0 Å². The van der Waals surface area contributed by atoms with Crippen LogP contribution in [-0.4, -0.2) is 22.8 Å². The third kappa shape index (κ3) is 4.21. The number of carbonyl (C=O) groups is 1. The fraction of sp³-hybridized carbons (Fsp3) is 0.897. The van der Waals surface area contributed by atoms with Gasteiger partial charge in [0.25, 0.3) is 0 Å². The van der Waals surface area contributed by atoms with E-state index < -0.39 is 5.60 Å². The molecule has 4 saturated carbocycles. The number of hydrogen-bond acceptors (Lipinski definition) is 3. The highest BCUT2D eigenvalue weighted by molar-refractivity contribution is 5.66. The molecular weight excluding hydrogens is 396 g/mol. The molecule has 0 heterocycles. The van der Waals surface area contributed by atoms with Gasteiger partial charge in [0, 0.05) is 12.8 Å².